The molecule has 1 amide bonds. The molecule has 0 aliphatic rings. The van der Waals surface area contributed by atoms with E-state index in [1.54, 1.807) is 0 Å². The number of carbonyl (C=O) groups excluding carboxylic acids is 2. The summed E-state index contributed by atoms with van der Waals surface area (Å²) in [5.74, 6) is -0.499. The second-order valence-electron chi connectivity index (χ2n) is 19.8. The van der Waals surface area contributed by atoms with Gasteiger partial charge in [-0.3, -0.25) is 9.59 Å². The van der Waals surface area contributed by atoms with Gasteiger partial charge in [0.1, 0.15) is 6.10 Å². The Hall–Kier alpha value is -2.18. The Morgan fingerprint density at radius 2 is 0.773 bits per heavy atom. The minimum atomic E-state index is -0.798. The van der Waals surface area contributed by atoms with Crippen LogP contribution in [-0.4, -0.2) is 46.9 Å². The Bertz CT molecular complexity index is 1130. The van der Waals surface area contributed by atoms with E-state index in [-0.39, 0.29) is 24.9 Å². The van der Waals surface area contributed by atoms with Gasteiger partial charge < -0.3 is 20.3 Å². The summed E-state index contributed by atoms with van der Waals surface area (Å²) in [6.07, 6.45) is 66.0. The van der Waals surface area contributed by atoms with Gasteiger partial charge in [-0.2, -0.15) is 0 Å². The summed E-state index contributed by atoms with van der Waals surface area (Å²) >= 11 is 0. The molecular formula is C60H111NO5. The van der Waals surface area contributed by atoms with Crippen LogP contribution >= 0.6 is 0 Å². The van der Waals surface area contributed by atoms with Crippen molar-refractivity contribution in [3.05, 3.63) is 48.6 Å². The average Bonchev–Trinajstić information content (AvgIpc) is 3.31. The molecule has 66 heavy (non-hydrogen) atoms. The fraction of sp³-hybridized carbons (Fsp3) is 0.833. The van der Waals surface area contributed by atoms with E-state index in [1.165, 1.54) is 180 Å². The number of nitrogens with one attached hydrogen (secondary N) is 1. The molecule has 386 valence electrons. The van der Waals surface area contributed by atoms with Gasteiger partial charge in [0.25, 0.3) is 0 Å². The fourth-order valence-electron chi connectivity index (χ4n) is 8.86. The summed E-state index contributed by atoms with van der Waals surface area (Å²) in [5, 5.41) is 23.9. The molecule has 0 saturated heterocycles. The molecule has 0 radical (unpaired) electrons. The Kier molecular flexibility index (Phi) is 52.0. The van der Waals surface area contributed by atoms with E-state index in [4.69, 9.17) is 4.74 Å². The van der Waals surface area contributed by atoms with E-state index in [2.05, 4.69) is 74.7 Å². The van der Waals surface area contributed by atoms with Crippen LogP contribution in [0.15, 0.2) is 48.6 Å². The average molecular weight is 927 g/mol. The van der Waals surface area contributed by atoms with Crippen molar-refractivity contribution in [3.8, 4) is 0 Å². The molecule has 0 rings (SSSR count). The van der Waals surface area contributed by atoms with E-state index in [9.17, 15) is 19.8 Å². The molecule has 6 nitrogen and oxygen atoms in total. The molecule has 0 spiro atoms. The van der Waals surface area contributed by atoms with Crippen LogP contribution < -0.4 is 5.32 Å². The van der Waals surface area contributed by atoms with Crippen molar-refractivity contribution in [3.63, 3.8) is 0 Å². The summed E-state index contributed by atoms with van der Waals surface area (Å²) in [7, 11) is 0. The highest BCUT2D eigenvalue weighted by atomic mass is 16.5. The molecular weight excluding hydrogens is 815 g/mol. The molecule has 0 bridgehead atoms. The minimum Gasteiger partial charge on any atom is -0.462 e. The van der Waals surface area contributed by atoms with Crippen LogP contribution in [0, 0.1) is 0 Å². The van der Waals surface area contributed by atoms with Gasteiger partial charge in [0.05, 0.1) is 25.2 Å². The van der Waals surface area contributed by atoms with Crippen molar-refractivity contribution >= 4 is 11.9 Å². The van der Waals surface area contributed by atoms with E-state index in [0.29, 0.717) is 19.3 Å². The van der Waals surface area contributed by atoms with E-state index >= 15 is 0 Å². The zero-order valence-electron chi connectivity index (χ0n) is 44.1. The molecule has 0 saturated carbocycles. The first-order chi connectivity index (χ1) is 32.5. The zero-order valence-corrected chi connectivity index (χ0v) is 44.1. The van der Waals surface area contributed by atoms with E-state index < -0.39 is 18.2 Å². The molecule has 3 unspecified atom stereocenters. The van der Waals surface area contributed by atoms with Gasteiger partial charge in [-0.25, -0.2) is 0 Å². The number of esters is 1. The maximum absolute atomic E-state index is 13.3. The first kappa shape index (κ1) is 63.8. The van der Waals surface area contributed by atoms with Crippen LogP contribution in [-0.2, 0) is 14.3 Å². The predicted molar refractivity (Wildman–Crippen MR) is 287 cm³/mol. The highest BCUT2D eigenvalue weighted by molar-refractivity contribution is 5.77. The van der Waals surface area contributed by atoms with Gasteiger partial charge in [0, 0.05) is 6.42 Å². The van der Waals surface area contributed by atoms with Crippen LogP contribution in [0.5, 0.6) is 0 Å². The van der Waals surface area contributed by atoms with Gasteiger partial charge in [0.15, 0.2) is 0 Å². The predicted octanol–water partition coefficient (Wildman–Crippen LogP) is 17.8. The zero-order chi connectivity index (χ0) is 48.1. The Labute approximate surface area is 410 Å². The highest BCUT2D eigenvalue weighted by Gasteiger charge is 2.24. The fourth-order valence-corrected chi connectivity index (χ4v) is 8.86. The smallest absolute Gasteiger partial charge is 0.306 e. The summed E-state index contributed by atoms with van der Waals surface area (Å²) in [6.45, 7) is 6.47. The van der Waals surface area contributed by atoms with Crippen molar-refractivity contribution in [2.75, 3.05) is 6.61 Å². The molecule has 0 aromatic carbocycles. The lowest BCUT2D eigenvalue weighted by Gasteiger charge is -2.24. The van der Waals surface area contributed by atoms with Crippen LogP contribution in [0.2, 0.25) is 0 Å². The topological polar surface area (TPSA) is 95.9 Å². The number of aliphatic hydroxyl groups is 2. The van der Waals surface area contributed by atoms with Crippen LogP contribution in [0.1, 0.15) is 297 Å². The van der Waals surface area contributed by atoms with Crippen LogP contribution in [0.3, 0.4) is 0 Å². The third-order valence-corrected chi connectivity index (χ3v) is 13.3. The molecule has 0 heterocycles. The van der Waals surface area contributed by atoms with Crippen molar-refractivity contribution in [2.24, 2.45) is 0 Å². The normalized spacial score (nSPS) is 13.5. The van der Waals surface area contributed by atoms with Crippen molar-refractivity contribution in [1.29, 1.82) is 0 Å². The monoisotopic (exact) mass is 926 g/mol. The SMILES string of the molecule is CCCCC/C=C/C=C/C=C/C=C/CCCCCC(CC(=O)NC(CO)C(O)CCCCCCCCCCCCCCCCC)OC(=O)CCCCCCCCCCCCCCCCCC. The van der Waals surface area contributed by atoms with Gasteiger partial charge in [-0.05, 0) is 51.4 Å². The number of ether oxygens (including phenoxy) is 1. The van der Waals surface area contributed by atoms with Gasteiger partial charge in [-0.1, -0.05) is 281 Å². The molecule has 3 atom stereocenters. The standard InChI is InChI=1S/C60H111NO5/c1-4-7-10-13-16-19-22-25-28-31-33-36-39-42-45-48-51-56(66-60(65)53-50-47-44-41-38-35-32-29-26-23-20-17-14-11-8-5-2)54-59(64)61-57(55-62)58(63)52-49-46-43-40-37-34-30-27-24-21-18-15-12-9-6-3/h16,19,22,25,28,31,33,36,56-58,62-63H,4-15,17-18,20-21,23-24,26-27,29-30,32,34-35,37-55H2,1-3H3,(H,61,64)/b19-16+,25-22+,31-28+,36-33+. The maximum atomic E-state index is 13.3. The van der Waals surface area contributed by atoms with Crippen molar-refractivity contribution < 1.29 is 24.5 Å². The lowest BCUT2D eigenvalue weighted by molar-refractivity contribution is -0.151. The minimum absolute atomic E-state index is 0.0546. The number of unbranched alkanes of at least 4 members (excludes halogenated alkanes) is 35. The second-order valence-corrected chi connectivity index (χ2v) is 19.8. The van der Waals surface area contributed by atoms with E-state index in [1.807, 2.05) is 0 Å². The van der Waals surface area contributed by atoms with Crippen molar-refractivity contribution in [2.45, 2.75) is 315 Å². The summed E-state index contributed by atoms with van der Waals surface area (Å²) in [6, 6.07) is -0.714. The first-order valence-corrected chi connectivity index (χ1v) is 28.9. The number of aliphatic hydroxyl groups excluding tert-OH is 2. The second kappa shape index (κ2) is 53.8. The summed E-state index contributed by atoms with van der Waals surface area (Å²) < 4.78 is 5.95. The third kappa shape index (κ3) is 48.3. The quantitative estimate of drug-likeness (QED) is 0.0321. The summed E-state index contributed by atoms with van der Waals surface area (Å²) in [4.78, 5) is 26.3. The van der Waals surface area contributed by atoms with Gasteiger partial charge in [-0.15, -0.1) is 0 Å². The number of hydrogen-bond acceptors (Lipinski definition) is 5. The molecule has 0 aromatic heterocycles. The molecule has 0 fully saturated rings. The molecule has 6 heteroatoms. The number of amides is 1. The Morgan fingerprint density at radius 3 is 1.20 bits per heavy atom. The molecule has 0 aromatic rings. The molecule has 3 N–H and O–H groups in total. The number of rotatable bonds is 52. The van der Waals surface area contributed by atoms with Crippen molar-refractivity contribution in [1.82, 2.24) is 5.32 Å². The van der Waals surface area contributed by atoms with E-state index in [0.717, 1.165) is 70.6 Å². The lowest BCUT2D eigenvalue weighted by atomic mass is 10.0. The van der Waals surface area contributed by atoms with Crippen LogP contribution in [0.25, 0.3) is 0 Å². The molecule has 0 aliphatic carbocycles. The summed E-state index contributed by atoms with van der Waals surface area (Å²) in [5.41, 5.74) is 0. The third-order valence-electron chi connectivity index (χ3n) is 13.3. The number of allylic oxidation sites excluding steroid dienone is 8. The Balaban J connectivity index is 4.61. The first-order valence-electron chi connectivity index (χ1n) is 28.9. The number of hydrogen-bond donors (Lipinski definition) is 3. The number of carbonyl (C=O) groups is 2. The van der Waals surface area contributed by atoms with Crippen LogP contribution in [0.4, 0.5) is 0 Å². The Morgan fingerprint density at radius 1 is 0.439 bits per heavy atom. The largest absolute Gasteiger partial charge is 0.462 e. The molecule has 0 aliphatic heterocycles. The van der Waals surface area contributed by atoms with Gasteiger partial charge >= 0.3 is 5.97 Å². The maximum Gasteiger partial charge on any atom is 0.306 e. The lowest BCUT2D eigenvalue weighted by Crippen LogP contribution is -2.46. The highest BCUT2D eigenvalue weighted by Crippen LogP contribution is 2.18. The van der Waals surface area contributed by atoms with Gasteiger partial charge in [0.2, 0.25) is 5.91 Å².